The molecule has 108 valence electrons. The molecule has 5 nitrogen and oxygen atoms in total. The summed E-state index contributed by atoms with van der Waals surface area (Å²) < 4.78 is 5.02. The van der Waals surface area contributed by atoms with Crippen molar-refractivity contribution in [1.82, 2.24) is 9.97 Å². The van der Waals surface area contributed by atoms with E-state index in [0.717, 1.165) is 18.4 Å². The molecule has 0 aliphatic heterocycles. The van der Waals surface area contributed by atoms with Crippen LogP contribution in [0.4, 0.5) is 5.95 Å². The predicted molar refractivity (Wildman–Crippen MR) is 79.6 cm³/mol. The van der Waals surface area contributed by atoms with Gasteiger partial charge in [0.1, 0.15) is 5.15 Å². The molecule has 0 spiro atoms. The largest absolute Gasteiger partial charge is 0.481 e. The van der Waals surface area contributed by atoms with Crippen molar-refractivity contribution in [2.45, 2.75) is 18.3 Å². The highest BCUT2D eigenvalue weighted by Gasteiger charge is 2.51. The molecule has 21 heavy (non-hydrogen) atoms. The van der Waals surface area contributed by atoms with Crippen LogP contribution >= 0.6 is 11.6 Å². The van der Waals surface area contributed by atoms with Gasteiger partial charge in [-0.2, -0.15) is 4.98 Å². The lowest BCUT2D eigenvalue weighted by Crippen LogP contribution is -2.28. The molecule has 0 atom stereocenters. The highest BCUT2D eigenvalue weighted by atomic mass is 35.5. The molecule has 0 radical (unpaired) electrons. The summed E-state index contributed by atoms with van der Waals surface area (Å²) in [4.78, 5) is 20.6. The molecular weight excluding hydrogens is 290 g/mol. The fourth-order valence-corrected chi connectivity index (χ4v) is 2.48. The van der Waals surface area contributed by atoms with Gasteiger partial charge in [-0.25, -0.2) is 4.98 Å². The summed E-state index contributed by atoms with van der Waals surface area (Å²) >= 11 is 5.88. The van der Waals surface area contributed by atoms with Crippen molar-refractivity contribution in [3.8, 4) is 5.88 Å². The zero-order valence-electron chi connectivity index (χ0n) is 11.5. The predicted octanol–water partition coefficient (Wildman–Crippen LogP) is 2.81. The molecule has 2 aromatic rings. The Morgan fingerprint density at radius 2 is 2.00 bits per heavy atom. The lowest BCUT2D eigenvalue weighted by Gasteiger charge is -2.15. The van der Waals surface area contributed by atoms with Crippen molar-refractivity contribution in [2.24, 2.45) is 0 Å². The number of ether oxygens (including phenoxy) is 1. The van der Waals surface area contributed by atoms with Crippen LogP contribution in [0.1, 0.15) is 18.4 Å². The van der Waals surface area contributed by atoms with Gasteiger partial charge in [-0.15, -0.1) is 0 Å². The Bertz CT molecular complexity index is 672. The van der Waals surface area contributed by atoms with Crippen LogP contribution in [-0.4, -0.2) is 23.0 Å². The van der Waals surface area contributed by atoms with Crippen LogP contribution in [0, 0.1) is 0 Å². The summed E-state index contributed by atoms with van der Waals surface area (Å²) in [6.07, 6.45) is 1.64. The Labute approximate surface area is 127 Å². The molecule has 1 N–H and O–H groups in total. The lowest BCUT2D eigenvalue weighted by atomic mass is 9.95. The number of halogens is 1. The molecule has 1 saturated carbocycles. The van der Waals surface area contributed by atoms with Crippen LogP contribution in [0.5, 0.6) is 5.88 Å². The van der Waals surface area contributed by atoms with E-state index in [1.165, 1.54) is 13.2 Å². The number of aromatic nitrogens is 2. The minimum Gasteiger partial charge on any atom is -0.481 e. The minimum absolute atomic E-state index is 0.113. The first-order chi connectivity index (χ1) is 10.1. The molecule has 1 aromatic carbocycles. The fraction of sp³-hybridized carbons (Fsp3) is 0.267. The molecule has 1 fully saturated rings. The van der Waals surface area contributed by atoms with Crippen LogP contribution in [0.2, 0.25) is 5.15 Å². The number of methoxy groups -OCH3 is 1. The van der Waals surface area contributed by atoms with E-state index in [0.29, 0.717) is 5.88 Å². The summed E-state index contributed by atoms with van der Waals surface area (Å²) in [7, 11) is 1.48. The molecule has 0 unspecified atom stereocenters. The van der Waals surface area contributed by atoms with Gasteiger partial charge in [0.05, 0.1) is 12.5 Å². The van der Waals surface area contributed by atoms with E-state index in [9.17, 15) is 4.79 Å². The van der Waals surface area contributed by atoms with Crippen LogP contribution in [0.25, 0.3) is 0 Å². The Morgan fingerprint density at radius 1 is 1.29 bits per heavy atom. The van der Waals surface area contributed by atoms with Crippen molar-refractivity contribution in [2.75, 3.05) is 12.4 Å². The second-order valence-electron chi connectivity index (χ2n) is 4.96. The van der Waals surface area contributed by atoms with Gasteiger partial charge in [-0.05, 0) is 18.4 Å². The molecule has 0 saturated heterocycles. The number of nitrogens with zero attached hydrogens (tertiary/aromatic N) is 2. The maximum atomic E-state index is 12.5. The highest BCUT2D eigenvalue weighted by Crippen LogP contribution is 2.48. The van der Waals surface area contributed by atoms with Crippen molar-refractivity contribution in [3.63, 3.8) is 0 Å². The minimum atomic E-state index is -0.472. The SMILES string of the molecule is COc1cc(Cl)nc(NC(=O)C2(c3ccccc3)CC2)n1. The summed E-state index contributed by atoms with van der Waals surface area (Å²) in [5.41, 5.74) is 0.539. The third-order valence-corrected chi connectivity index (χ3v) is 3.81. The molecule has 0 bridgehead atoms. The van der Waals surface area contributed by atoms with Gasteiger partial charge in [0.25, 0.3) is 0 Å². The first-order valence-electron chi connectivity index (χ1n) is 6.60. The van der Waals surface area contributed by atoms with E-state index in [4.69, 9.17) is 16.3 Å². The van der Waals surface area contributed by atoms with Crippen molar-refractivity contribution < 1.29 is 9.53 Å². The molecule has 1 aromatic heterocycles. The number of hydrogen-bond donors (Lipinski definition) is 1. The van der Waals surface area contributed by atoms with E-state index < -0.39 is 5.41 Å². The zero-order valence-corrected chi connectivity index (χ0v) is 12.2. The van der Waals surface area contributed by atoms with E-state index in [1.54, 1.807) is 0 Å². The van der Waals surface area contributed by atoms with Crippen molar-refractivity contribution >= 4 is 23.5 Å². The van der Waals surface area contributed by atoms with E-state index in [2.05, 4.69) is 15.3 Å². The van der Waals surface area contributed by atoms with E-state index >= 15 is 0 Å². The summed E-state index contributed by atoms with van der Waals surface area (Å²) in [6.45, 7) is 0. The number of rotatable bonds is 4. The average Bonchev–Trinajstić information content (AvgIpc) is 3.29. The standard InChI is InChI=1S/C15H14ClN3O2/c1-21-12-9-11(16)17-14(18-12)19-13(20)15(7-8-15)10-5-3-2-4-6-10/h2-6,9H,7-8H2,1H3,(H,17,18,19,20). The first kappa shape index (κ1) is 13.8. The Balaban J connectivity index is 1.83. The quantitative estimate of drug-likeness (QED) is 0.882. The number of hydrogen-bond acceptors (Lipinski definition) is 4. The van der Waals surface area contributed by atoms with Gasteiger partial charge >= 0.3 is 0 Å². The van der Waals surface area contributed by atoms with Crippen molar-refractivity contribution in [3.05, 3.63) is 47.1 Å². The third kappa shape index (κ3) is 2.69. The number of carbonyl (C=O) groups is 1. The third-order valence-electron chi connectivity index (χ3n) is 3.62. The lowest BCUT2D eigenvalue weighted by molar-refractivity contribution is -0.118. The molecule has 3 rings (SSSR count). The zero-order chi connectivity index (χ0) is 14.9. The Hall–Kier alpha value is -2.14. The van der Waals surface area contributed by atoms with Gasteiger partial charge in [0.15, 0.2) is 0 Å². The molecular formula is C15H14ClN3O2. The van der Waals surface area contributed by atoms with Crippen LogP contribution in [-0.2, 0) is 10.2 Å². The molecule has 1 amide bonds. The van der Waals surface area contributed by atoms with E-state index in [1.807, 2.05) is 30.3 Å². The van der Waals surface area contributed by atoms with Crippen molar-refractivity contribution in [1.29, 1.82) is 0 Å². The number of carbonyl (C=O) groups excluding carboxylic acids is 1. The number of nitrogens with one attached hydrogen (secondary N) is 1. The Kier molecular flexibility index (Phi) is 3.51. The summed E-state index contributed by atoms with van der Waals surface area (Å²) in [6, 6.07) is 11.2. The van der Waals surface area contributed by atoms with Gasteiger partial charge in [-0.3, -0.25) is 10.1 Å². The molecule has 1 aliphatic rings. The monoisotopic (exact) mass is 303 g/mol. The molecule has 1 heterocycles. The van der Waals surface area contributed by atoms with E-state index in [-0.39, 0.29) is 17.0 Å². The summed E-state index contributed by atoms with van der Waals surface area (Å²) in [5, 5.41) is 2.96. The number of amides is 1. The van der Waals surface area contributed by atoms with Gasteiger partial charge in [0, 0.05) is 6.07 Å². The van der Waals surface area contributed by atoms with Gasteiger partial charge in [0.2, 0.25) is 17.7 Å². The highest BCUT2D eigenvalue weighted by molar-refractivity contribution is 6.29. The maximum Gasteiger partial charge on any atom is 0.237 e. The molecule has 1 aliphatic carbocycles. The Morgan fingerprint density at radius 3 is 2.62 bits per heavy atom. The normalized spacial score (nSPS) is 15.3. The van der Waals surface area contributed by atoms with Crippen LogP contribution in [0.15, 0.2) is 36.4 Å². The second kappa shape index (κ2) is 5.33. The van der Waals surface area contributed by atoms with Crippen LogP contribution in [0.3, 0.4) is 0 Å². The van der Waals surface area contributed by atoms with Gasteiger partial charge < -0.3 is 4.74 Å². The number of benzene rings is 1. The topological polar surface area (TPSA) is 64.1 Å². The molecule has 6 heteroatoms. The maximum absolute atomic E-state index is 12.5. The first-order valence-corrected chi connectivity index (χ1v) is 6.97. The smallest absolute Gasteiger partial charge is 0.237 e. The second-order valence-corrected chi connectivity index (χ2v) is 5.35. The van der Waals surface area contributed by atoms with Crippen LogP contribution < -0.4 is 10.1 Å². The van der Waals surface area contributed by atoms with Gasteiger partial charge in [-0.1, -0.05) is 41.9 Å². The number of anilines is 1. The fourth-order valence-electron chi connectivity index (χ4n) is 2.31. The summed E-state index contributed by atoms with van der Waals surface area (Å²) in [5.74, 6) is 0.361. The average molecular weight is 304 g/mol.